The molecule has 6 aromatic carbocycles. The van der Waals surface area contributed by atoms with E-state index in [-0.39, 0.29) is 16.2 Å². The summed E-state index contributed by atoms with van der Waals surface area (Å²) in [6, 6.07) is 48.5. The van der Waals surface area contributed by atoms with Crippen LogP contribution in [-0.4, -0.2) is 0 Å². The van der Waals surface area contributed by atoms with Gasteiger partial charge in [0.1, 0.15) is 5.58 Å². The molecule has 13 rings (SSSR count). The van der Waals surface area contributed by atoms with Gasteiger partial charge in [-0.05, 0) is 160 Å². The Bertz CT molecular complexity index is 2700. The summed E-state index contributed by atoms with van der Waals surface area (Å²) in [4.78, 5) is 2.47. The van der Waals surface area contributed by atoms with E-state index in [9.17, 15) is 0 Å². The van der Waals surface area contributed by atoms with E-state index < -0.39 is 0 Å². The van der Waals surface area contributed by atoms with Gasteiger partial charge in [-0.1, -0.05) is 119 Å². The van der Waals surface area contributed by atoms with E-state index in [0.29, 0.717) is 0 Å². The molecule has 0 saturated heterocycles. The third kappa shape index (κ3) is 4.45. The topological polar surface area (TPSA) is 16.4 Å². The van der Waals surface area contributed by atoms with Crippen LogP contribution in [0.5, 0.6) is 0 Å². The van der Waals surface area contributed by atoms with Gasteiger partial charge in [0, 0.05) is 27.6 Å². The van der Waals surface area contributed by atoms with Gasteiger partial charge in [0.05, 0.1) is 5.69 Å². The first-order chi connectivity index (χ1) is 27.2. The third-order valence-electron chi connectivity index (χ3n) is 15.7. The highest BCUT2D eigenvalue weighted by Gasteiger charge is 2.61. The van der Waals surface area contributed by atoms with Crippen molar-refractivity contribution in [1.82, 2.24) is 0 Å². The number of benzene rings is 6. The van der Waals surface area contributed by atoms with Crippen LogP contribution < -0.4 is 4.90 Å². The van der Waals surface area contributed by atoms with Crippen LogP contribution in [0.4, 0.5) is 17.1 Å². The number of hydrogen-bond acceptors (Lipinski definition) is 2. The Labute approximate surface area is 331 Å². The smallest absolute Gasteiger partial charge is 0.159 e. The largest absolute Gasteiger partial charge is 0.454 e. The van der Waals surface area contributed by atoms with Crippen LogP contribution >= 0.6 is 0 Å². The number of anilines is 3. The van der Waals surface area contributed by atoms with Gasteiger partial charge in [-0.3, -0.25) is 0 Å². The van der Waals surface area contributed by atoms with Crippen molar-refractivity contribution in [3.8, 4) is 22.3 Å². The second-order valence-electron chi connectivity index (χ2n) is 19.6. The van der Waals surface area contributed by atoms with E-state index in [0.717, 1.165) is 57.0 Å². The molecule has 2 nitrogen and oxygen atoms in total. The SMILES string of the molecule is CC1(C)CCC(C)(C)c2c(-c3ccc(N(c4ccc5c(c4)-c4ccccc4C54C5CC6CC(C5)CC4C6)c4cccc5c4oc4ccccc45)cc3)cccc21. The molecule has 1 spiro atoms. The summed E-state index contributed by atoms with van der Waals surface area (Å²) in [6.07, 6.45) is 9.47. The van der Waals surface area contributed by atoms with Crippen molar-refractivity contribution in [2.75, 3.05) is 4.90 Å². The number of hydrogen-bond donors (Lipinski definition) is 0. The summed E-state index contributed by atoms with van der Waals surface area (Å²) in [5.74, 6) is 3.36. The molecule has 4 fully saturated rings. The summed E-state index contributed by atoms with van der Waals surface area (Å²) in [5.41, 5.74) is 17.4. The van der Waals surface area contributed by atoms with Gasteiger partial charge in [-0.25, -0.2) is 0 Å². The van der Waals surface area contributed by atoms with Crippen molar-refractivity contribution in [1.29, 1.82) is 0 Å². The number of furan rings is 1. The van der Waals surface area contributed by atoms with Crippen molar-refractivity contribution >= 4 is 39.0 Å². The normalized spacial score (nSPS) is 26.1. The highest BCUT2D eigenvalue weighted by atomic mass is 16.3. The summed E-state index contributed by atoms with van der Waals surface area (Å²) in [7, 11) is 0. The fourth-order valence-corrected chi connectivity index (χ4v) is 13.4. The lowest BCUT2D eigenvalue weighted by atomic mass is 9.43. The molecule has 0 amide bonds. The van der Waals surface area contributed by atoms with Gasteiger partial charge in [0.2, 0.25) is 0 Å². The molecule has 0 unspecified atom stereocenters. The zero-order chi connectivity index (χ0) is 37.6. The van der Waals surface area contributed by atoms with E-state index >= 15 is 0 Å². The lowest BCUT2D eigenvalue weighted by Crippen LogP contribution is -2.55. The van der Waals surface area contributed by atoms with Gasteiger partial charge in [-0.2, -0.15) is 0 Å². The summed E-state index contributed by atoms with van der Waals surface area (Å²) >= 11 is 0. The molecule has 278 valence electrons. The predicted molar refractivity (Wildman–Crippen MR) is 232 cm³/mol. The van der Waals surface area contributed by atoms with Gasteiger partial charge in [0.15, 0.2) is 5.58 Å². The zero-order valence-corrected chi connectivity index (χ0v) is 33.2. The second kappa shape index (κ2) is 11.5. The van der Waals surface area contributed by atoms with Crippen LogP contribution in [0.3, 0.4) is 0 Å². The van der Waals surface area contributed by atoms with Crippen molar-refractivity contribution in [3.05, 3.63) is 150 Å². The molecular formula is C54H51NO. The number of nitrogens with zero attached hydrogens (tertiary/aromatic N) is 1. The quantitative estimate of drug-likeness (QED) is 0.179. The molecule has 4 bridgehead atoms. The summed E-state index contributed by atoms with van der Waals surface area (Å²) < 4.78 is 6.77. The highest BCUT2D eigenvalue weighted by Crippen LogP contribution is 2.69. The molecule has 0 atom stereocenters. The maximum absolute atomic E-state index is 6.77. The van der Waals surface area contributed by atoms with E-state index in [1.807, 2.05) is 0 Å². The van der Waals surface area contributed by atoms with Crippen LogP contribution in [0.25, 0.3) is 44.2 Å². The van der Waals surface area contributed by atoms with Gasteiger partial charge >= 0.3 is 0 Å². The molecule has 6 aliphatic carbocycles. The average Bonchev–Trinajstić information content (AvgIpc) is 3.73. The zero-order valence-electron chi connectivity index (χ0n) is 33.2. The molecule has 56 heavy (non-hydrogen) atoms. The fourth-order valence-electron chi connectivity index (χ4n) is 13.4. The van der Waals surface area contributed by atoms with Gasteiger partial charge in [0.25, 0.3) is 0 Å². The molecule has 1 heterocycles. The first-order valence-corrected chi connectivity index (χ1v) is 21.4. The standard InChI is InChI=1S/C54H51NO/c1-52(2)25-26-53(3,4)50-40(13-9-16-47(50)52)35-19-21-38(22-20-35)55(48-17-10-14-43-42-12-6-8-18-49(42)56-51(43)48)39-23-24-46-44(32-39)41-11-5-7-15-45(41)54(46)36-28-33-27-34(30-36)31-37(54)29-33/h5-24,32-34,36-37H,25-31H2,1-4H3. The number of para-hydroxylation sites is 2. The lowest BCUT2D eigenvalue weighted by Gasteiger charge is -2.61. The Balaban J connectivity index is 1.04. The lowest BCUT2D eigenvalue weighted by molar-refractivity contribution is -0.0399. The summed E-state index contributed by atoms with van der Waals surface area (Å²) in [6.45, 7) is 9.72. The minimum Gasteiger partial charge on any atom is -0.454 e. The molecule has 6 aliphatic rings. The second-order valence-corrected chi connectivity index (χ2v) is 19.6. The van der Waals surface area contributed by atoms with Crippen LogP contribution in [0.1, 0.15) is 94.9 Å². The van der Waals surface area contributed by atoms with E-state index in [4.69, 9.17) is 4.42 Å². The molecule has 0 radical (unpaired) electrons. The molecule has 0 aliphatic heterocycles. The molecule has 0 N–H and O–H groups in total. The van der Waals surface area contributed by atoms with E-state index in [2.05, 4.69) is 160 Å². The van der Waals surface area contributed by atoms with E-state index in [1.165, 1.54) is 84.0 Å². The Kier molecular flexibility index (Phi) is 6.80. The minimum absolute atomic E-state index is 0.123. The Morgan fingerprint density at radius 3 is 1.95 bits per heavy atom. The Hall–Kier alpha value is -5.08. The Morgan fingerprint density at radius 1 is 0.518 bits per heavy atom. The highest BCUT2D eigenvalue weighted by molar-refractivity contribution is 6.10. The average molecular weight is 730 g/mol. The number of rotatable bonds is 4. The van der Waals surface area contributed by atoms with Crippen LogP contribution in [0.2, 0.25) is 0 Å². The van der Waals surface area contributed by atoms with E-state index in [1.54, 1.807) is 11.1 Å². The Morgan fingerprint density at radius 2 is 1.14 bits per heavy atom. The van der Waals surface area contributed by atoms with Gasteiger partial charge in [-0.15, -0.1) is 0 Å². The first-order valence-electron chi connectivity index (χ1n) is 21.4. The maximum Gasteiger partial charge on any atom is 0.159 e. The number of fused-ring (bicyclic) bond motifs is 7. The van der Waals surface area contributed by atoms with Crippen molar-refractivity contribution in [2.24, 2.45) is 23.7 Å². The fraction of sp³-hybridized carbons (Fsp3) is 0.333. The van der Waals surface area contributed by atoms with Gasteiger partial charge < -0.3 is 9.32 Å². The monoisotopic (exact) mass is 729 g/mol. The van der Waals surface area contributed by atoms with Crippen molar-refractivity contribution in [2.45, 2.75) is 88.9 Å². The van der Waals surface area contributed by atoms with Crippen molar-refractivity contribution in [3.63, 3.8) is 0 Å². The van der Waals surface area contributed by atoms with Crippen LogP contribution in [-0.2, 0) is 16.2 Å². The van der Waals surface area contributed by atoms with Crippen LogP contribution in [0, 0.1) is 23.7 Å². The first kappa shape index (κ1) is 33.1. The molecule has 7 aromatic rings. The maximum atomic E-state index is 6.77. The molecule has 4 saturated carbocycles. The minimum atomic E-state index is 0.123. The predicted octanol–water partition coefficient (Wildman–Crippen LogP) is 14.8. The molecule has 2 heteroatoms. The van der Waals surface area contributed by atoms with Crippen molar-refractivity contribution < 1.29 is 4.42 Å². The van der Waals surface area contributed by atoms with Crippen LogP contribution in [0.15, 0.2) is 132 Å². The molecule has 1 aromatic heterocycles. The third-order valence-corrected chi connectivity index (χ3v) is 15.7. The molecular weight excluding hydrogens is 679 g/mol. The summed E-state index contributed by atoms with van der Waals surface area (Å²) in [5, 5.41) is 2.31.